The van der Waals surface area contributed by atoms with Crippen LogP contribution in [0.3, 0.4) is 0 Å². The number of hydrogen-bond donors (Lipinski definition) is 3. The van der Waals surface area contributed by atoms with Crippen molar-refractivity contribution in [2.75, 3.05) is 0 Å². The van der Waals surface area contributed by atoms with E-state index in [4.69, 9.17) is 4.74 Å². The van der Waals surface area contributed by atoms with Gasteiger partial charge in [-0.2, -0.15) is 0 Å². The number of nitrogens with zero attached hydrogens (tertiary/aromatic N) is 3. The lowest BCUT2D eigenvalue weighted by Gasteiger charge is -2.25. The van der Waals surface area contributed by atoms with Crippen molar-refractivity contribution < 1.29 is 20.1 Å². The van der Waals surface area contributed by atoms with Crippen molar-refractivity contribution in [2.24, 2.45) is 0 Å². The smallest absolute Gasteiger partial charge is 0.164 e. The van der Waals surface area contributed by atoms with Gasteiger partial charge in [0.15, 0.2) is 6.23 Å². The average Bonchev–Trinajstić information content (AvgIpc) is 3.19. The average molecular weight is 367 g/mol. The molecule has 1 fully saturated rings. The van der Waals surface area contributed by atoms with Crippen molar-refractivity contribution in [3.8, 4) is 0 Å². The van der Waals surface area contributed by atoms with Gasteiger partial charge in [0.05, 0.1) is 5.69 Å². The number of ether oxygens (including phenoxy) is 1. The topological polar surface area (TPSA) is 101 Å². The zero-order valence-corrected chi connectivity index (χ0v) is 14.9. The second kappa shape index (κ2) is 6.10. The number of aryl methyl sites for hydroxylation is 3. The molecule has 7 nitrogen and oxygen atoms in total. The van der Waals surface area contributed by atoms with Crippen molar-refractivity contribution in [2.45, 2.75) is 50.4 Å². The number of aromatic nitrogens is 3. The summed E-state index contributed by atoms with van der Waals surface area (Å²) in [5, 5.41) is 32.8. The van der Waals surface area contributed by atoms with Gasteiger partial charge in [0.25, 0.3) is 0 Å². The maximum absolute atomic E-state index is 10.8. The lowest BCUT2D eigenvalue weighted by atomic mass is 9.85. The molecule has 5 atom stereocenters. The lowest BCUT2D eigenvalue weighted by molar-refractivity contribution is -0.0848. The molecule has 27 heavy (non-hydrogen) atoms. The standard InChI is InChI=1S/C20H21N3O4/c1-10-14-6-7-23(19(14)22-9-21-10)20-17(26)16(25)18(27-20)15(24)13-5-3-11-2-4-12(11)8-13/h3,5-9,15-18,20,24-26H,2,4H2,1H3/t15-,16+,17-,18-,20-/m1/s1. The number of benzene rings is 1. The van der Waals surface area contributed by atoms with Crippen LogP contribution < -0.4 is 0 Å². The van der Waals surface area contributed by atoms with Crippen LogP contribution in [0.2, 0.25) is 0 Å². The fourth-order valence-corrected chi connectivity index (χ4v) is 4.07. The van der Waals surface area contributed by atoms with E-state index in [0.717, 1.165) is 23.9 Å². The largest absolute Gasteiger partial charge is 0.387 e. The molecule has 3 N–H and O–H groups in total. The lowest BCUT2D eigenvalue weighted by Crippen LogP contribution is -2.35. The van der Waals surface area contributed by atoms with E-state index >= 15 is 0 Å². The van der Waals surface area contributed by atoms with Crippen LogP contribution in [-0.4, -0.2) is 48.2 Å². The van der Waals surface area contributed by atoms with E-state index < -0.39 is 30.6 Å². The molecule has 140 valence electrons. The van der Waals surface area contributed by atoms with Crippen LogP contribution in [0.25, 0.3) is 11.0 Å². The second-order valence-corrected chi connectivity index (χ2v) is 7.36. The van der Waals surface area contributed by atoms with Gasteiger partial charge in [-0.15, -0.1) is 0 Å². The van der Waals surface area contributed by atoms with Gasteiger partial charge in [-0.25, -0.2) is 9.97 Å². The van der Waals surface area contributed by atoms with E-state index in [9.17, 15) is 15.3 Å². The summed E-state index contributed by atoms with van der Waals surface area (Å²) >= 11 is 0. The van der Waals surface area contributed by atoms with Crippen LogP contribution in [0.5, 0.6) is 0 Å². The molecule has 2 aliphatic rings. The summed E-state index contributed by atoms with van der Waals surface area (Å²) in [4.78, 5) is 8.45. The molecule has 1 aliphatic heterocycles. The summed E-state index contributed by atoms with van der Waals surface area (Å²) in [6.45, 7) is 1.88. The summed E-state index contributed by atoms with van der Waals surface area (Å²) < 4.78 is 7.62. The number of rotatable bonds is 3. The molecule has 0 unspecified atom stereocenters. The molecule has 2 aromatic heterocycles. The number of aliphatic hydroxyl groups is 3. The van der Waals surface area contributed by atoms with Crippen molar-refractivity contribution in [3.05, 3.63) is 59.2 Å². The molecule has 0 radical (unpaired) electrons. The molecular weight excluding hydrogens is 346 g/mol. The Bertz CT molecular complexity index is 1020. The highest BCUT2D eigenvalue weighted by Gasteiger charge is 2.47. The van der Waals surface area contributed by atoms with Gasteiger partial charge >= 0.3 is 0 Å². The minimum absolute atomic E-state index is 0.620. The van der Waals surface area contributed by atoms with Crippen molar-refractivity contribution in [1.82, 2.24) is 14.5 Å². The van der Waals surface area contributed by atoms with Crippen LogP contribution in [0.15, 0.2) is 36.8 Å². The van der Waals surface area contributed by atoms with E-state index in [2.05, 4.69) is 9.97 Å². The molecule has 1 aliphatic carbocycles. The molecular formula is C20H21N3O4. The van der Waals surface area contributed by atoms with Gasteiger partial charge in [-0.05, 0) is 42.5 Å². The first kappa shape index (κ1) is 16.8. The first-order valence-electron chi connectivity index (χ1n) is 9.14. The van der Waals surface area contributed by atoms with E-state index in [0.29, 0.717) is 11.2 Å². The van der Waals surface area contributed by atoms with E-state index in [1.54, 1.807) is 10.8 Å². The van der Waals surface area contributed by atoms with Crippen LogP contribution in [0.1, 0.15) is 34.7 Å². The molecule has 0 bridgehead atoms. The summed E-state index contributed by atoms with van der Waals surface area (Å²) in [6, 6.07) is 7.68. The van der Waals surface area contributed by atoms with Crippen LogP contribution in [0.4, 0.5) is 0 Å². The molecule has 5 rings (SSSR count). The Morgan fingerprint density at radius 2 is 1.93 bits per heavy atom. The second-order valence-electron chi connectivity index (χ2n) is 7.36. The normalized spacial score (nSPS) is 28.1. The third-order valence-electron chi connectivity index (χ3n) is 5.80. The molecule has 1 saturated heterocycles. The predicted octanol–water partition coefficient (Wildman–Crippen LogP) is 1.19. The number of hydrogen-bond acceptors (Lipinski definition) is 6. The highest BCUT2D eigenvalue weighted by Crippen LogP contribution is 2.38. The molecule has 0 saturated carbocycles. The number of fused-ring (bicyclic) bond motifs is 2. The fourth-order valence-electron chi connectivity index (χ4n) is 4.07. The maximum atomic E-state index is 10.8. The van der Waals surface area contributed by atoms with Gasteiger partial charge in [0, 0.05) is 11.6 Å². The predicted molar refractivity (Wildman–Crippen MR) is 97.0 cm³/mol. The first-order valence-corrected chi connectivity index (χ1v) is 9.14. The quantitative estimate of drug-likeness (QED) is 0.643. The molecule has 0 amide bonds. The first-order chi connectivity index (χ1) is 13.0. The Morgan fingerprint density at radius 1 is 1.11 bits per heavy atom. The highest BCUT2D eigenvalue weighted by atomic mass is 16.6. The van der Waals surface area contributed by atoms with E-state index in [-0.39, 0.29) is 0 Å². The Morgan fingerprint density at radius 3 is 2.67 bits per heavy atom. The zero-order valence-electron chi connectivity index (χ0n) is 14.9. The molecule has 0 spiro atoms. The third kappa shape index (κ3) is 2.50. The van der Waals surface area contributed by atoms with Crippen LogP contribution in [0, 0.1) is 6.92 Å². The number of aliphatic hydroxyl groups excluding tert-OH is 3. The van der Waals surface area contributed by atoms with Crippen LogP contribution >= 0.6 is 0 Å². The van der Waals surface area contributed by atoms with Crippen molar-refractivity contribution in [1.29, 1.82) is 0 Å². The third-order valence-corrected chi connectivity index (χ3v) is 5.80. The Labute approximate surface area is 155 Å². The Hall–Kier alpha value is -2.32. The van der Waals surface area contributed by atoms with E-state index in [1.165, 1.54) is 17.5 Å². The van der Waals surface area contributed by atoms with Gasteiger partial charge in [0.1, 0.15) is 36.4 Å². The Balaban J connectivity index is 1.46. The SMILES string of the molecule is Cc1ncnc2c1ccn2[C@@H]1O[C@H]([C@H](O)c2ccc3c(c2)CC3)[C@@H](O)[C@H]1O. The summed E-state index contributed by atoms with van der Waals surface area (Å²) in [7, 11) is 0. The van der Waals surface area contributed by atoms with E-state index in [1.807, 2.05) is 31.2 Å². The van der Waals surface area contributed by atoms with Gasteiger partial charge in [-0.1, -0.05) is 18.2 Å². The molecule has 7 heteroatoms. The minimum atomic E-state index is -1.21. The Kier molecular flexibility index (Phi) is 3.80. The maximum Gasteiger partial charge on any atom is 0.164 e. The zero-order chi connectivity index (χ0) is 18.7. The summed E-state index contributed by atoms with van der Waals surface area (Å²) in [5.74, 6) is 0. The van der Waals surface area contributed by atoms with Gasteiger partial charge < -0.3 is 24.6 Å². The van der Waals surface area contributed by atoms with Crippen molar-refractivity contribution >= 4 is 11.0 Å². The summed E-state index contributed by atoms with van der Waals surface area (Å²) in [6.07, 6.45) is 0.108. The minimum Gasteiger partial charge on any atom is -0.387 e. The van der Waals surface area contributed by atoms with Gasteiger partial charge in [-0.3, -0.25) is 0 Å². The fraction of sp³-hybridized carbons (Fsp3) is 0.400. The van der Waals surface area contributed by atoms with Gasteiger partial charge in [0.2, 0.25) is 0 Å². The summed E-state index contributed by atoms with van der Waals surface area (Å²) in [5.41, 5.74) is 4.66. The monoisotopic (exact) mass is 367 g/mol. The highest BCUT2D eigenvalue weighted by molar-refractivity contribution is 5.78. The van der Waals surface area contributed by atoms with Crippen LogP contribution in [-0.2, 0) is 17.6 Å². The van der Waals surface area contributed by atoms with Crippen molar-refractivity contribution in [3.63, 3.8) is 0 Å². The molecule has 3 heterocycles. The molecule has 1 aromatic carbocycles. The molecule has 3 aromatic rings.